The van der Waals surface area contributed by atoms with E-state index in [0.717, 1.165) is 65.3 Å². The van der Waals surface area contributed by atoms with Gasteiger partial charge in [-0.3, -0.25) is 9.59 Å². The SMILES string of the molecule is COc1c(C)cc2c3c(oc2c1C=O)[C@H](C)CC[C@H]1C(C)(C)CCC[C@]31C.COc1cc2c3c(oc2c(C=O)c1OC)[C@@H](C)CC[C@@H]1C(C)(C)CCC[C@@]31C. The van der Waals surface area contributed by atoms with Crippen LogP contribution in [0.3, 0.4) is 0 Å². The second kappa shape index (κ2) is 14.0. The summed E-state index contributed by atoms with van der Waals surface area (Å²) in [6.07, 6.45) is 13.8. The predicted molar refractivity (Wildman–Crippen MR) is 220 cm³/mol. The van der Waals surface area contributed by atoms with Crippen molar-refractivity contribution in [3.05, 3.63) is 51.5 Å². The molecule has 6 atom stereocenters. The molecule has 2 aromatic carbocycles. The van der Waals surface area contributed by atoms with Crippen molar-refractivity contribution in [3.63, 3.8) is 0 Å². The fourth-order valence-electron chi connectivity index (χ4n) is 12.7. The first kappa shape index (κ1) is 39.5. The first-order valence-electron chi connectivity index (χ1n) is 20.8. The molecule has 0 amide bonds. The number of benzene rings is 2. The van der Waals surface area contributed by atoms with Gasteiger partial charge in [0.2, 0.25) is 0 Å². The number of carbonyl (C=O) groups is 2. The van der Waals surface area contributed by atoms with Gasteiger partial charge in [0, 0.05) is 33.7 Å². The van der Waals surface area contributed by atoms with E-state index in [9.17, 15) is 9.59 Å². The van der Waals surface area contributed by atoms with Crippen LogP contribution in [-0.2, 0) is 10.8 Å². The molecule has 0 bridgehead atoms. The van der Waals surface area contributed by atoms with Gasteiger partial charge in [-0.1, -0.05) is 68.2 Å². The number of aldehydes is 2. The molecule has 4 aromatic rings. The molecule has 2 heterocycles. The molecule has 0 unspecified atom stereocenters. The molecule has 0 spiro atoms. The van der Waals surface area contributed by atoms with Gasteiger partial charge in [-0.05, 0) is 109 Å². The van der Waals surface area contributed by atoms with Gasteiger partial charge in [0.1, 0.15) is 34.0 Å². The Morgan fingerprint density at radius 1 is 0.618 bits per heavy atom. The summed E-state index contributed by atoms with van der Waals surface area (Å²) in [5.41, 5.74) is 6.79. The van der Waals surface area contributed by atoms with E-state index in [2.05, 4.69) is 61.5 Å². The number of fused-ring (bicyclic) bond motifs is 10. The van der Waals surface area contributed by atoms with Crippen LogP contribution >= 0.6 is 0 Å². The molecule has 298 valence electrons. The molecular weight excluding hydrogens is 689 g/mol. The molecule has 7 nitrogen and oxygen atoms in total. The average Bonchev–Trinajstić information content (AvgIpc) is 3.66. The molecule has 4 aliphatic rings. The van der Waals surface area contributed by atoms with E-state index in [4.69, 9.17) is 23.0 Å². The number of hydrogen-bond donors (Lipinski definition) is 0. The molecular formula is C48H64O7. The molecule has 55 heavy (non-hydrogen) atoms. The Labute approximate surface area is 328 Å². The van der Waals surface area contributed by atoms with Crippen LogP contribution in [0.4, 0.5) is 0 Å². The molecule has 4 aliphatic carbocycles. The van der Waals surface area contributed by atoms with Gasteiger partial charge < -0.3 is 23.0 Å². The van der Waals surface area contributed by atoms with Gasteiger partial charge in [0.05, 0.1) is 26.9 Å². The third-order valence-corrected chi connectivity index (χ3v) is 15.3. The molecule has 0 saturated heterocycles. The Kier molecular flexibility index (Phi) is 10.1. The summed E-state index contributed by atoms with van der Waals surface area (Å²) < 4.78 is 29.6. The minimum absolute atomic E-state index is 0.0346. The second-order valence-corrected chi connectivity index (χ2v) is 19.4. The lowest BCUT2D eigenvalue weighted by atomic mass is 9.53. The predicted octanol–water partition coefficient (Wildman–Crippen LogP) is 12.8. The molecule has 7 heteroatoms. The maximum atomic E-state index is 12.0. The van der Waals surface area contributed by atoms with Crippen molar-refractivity contribution in [1.29, 1.82) is 0 Å². The van der Waals surface area contributed by atoms with Crippen LogP contribution in [0.5, 0.6) is 17.2 Å². The highest BCUT2D eigenvalue weighted by Crippen LogP contribution is 2.62. The number of ether oxygens (including phenoxy) is 3. The van der Waals surface area contributed by atoms with Gasteiger partial charge >= 0.3 is 0 Å². The van der Waals surface area contributed by atoms with Crippen molar-refractivity contribution in [2.45, 2.75) is 149 Å². The highest BCUT2D eigenvalue weighted by atomic mass is 16.5. The van der Waals surface area contributed by atoms with Crippen molar-refractivity contribution < 1.29 is 32.6 Å². The largest absolute Gasteiger partial charge is 0.496 e. The van der Waals surface area contributed by atoms with Crippen LogP contribution in [0.1, 0.15) is 180 Å². The van der Waals surface area contributed by atoms with E-state index in [1.807, 2.05) is 13.0 Å². The second-order valence-electron chi connectivity index (χ2n) is 19.4. The number of aryl methyl sites for hydroxylation is 1. The lowest BCUT2D eigenvalue weighted by Crippen LogP contribution is -2.44. The van der Waals surface area contributed by atoms with Gasteiger partial charge in [-0.25, -0.2) is 0 Å². The third-order valence-electron chi connectivity index (χ3n) is 15.3. The molecule has 2 fully saturated rings. The monoisotopic (exact) mass is 752 g/mol. The minimum atomic E-state index is 0.0346. The summed E-state index contributed by atoms with van der Waals surface area (Å²) in [5.74, 6) is 5.75. The van der Waals surface area contributed by atoms with E-state index in [-0.39, 0.29) is 10.8 Å². The maximum absolute atomic E-state index is 12.0. The highest BCUT2D eigenvalue weighted by Gasteiger charge is 2.53. The van der Waals surface area contributed by atoms with Crippen molar-refractivity contribution in [2.24, 2.45) is 22.7 Å². The zero-order valence-corrected chi connectivity index (χ0v) is 35.5. The lowest BCUT2D eigenvalue weighted by Gasteiger charge is -2.50. The molecule has 2 saturated carbocycles. The van der Waals surface area contributed by atoms with Crippen molar-refractivity contribution in [1.82, 2.24) is 0 Å². The van der Waals surface area contributed by atoms with Crippen molar-refractivity contribution in [2.75, 3.05) is 21.3 Å². The van der Waals surface area contributed by atoms with E-state index in [1.165, 1.54) is 56.1 Å². The molecule has 2 aromatic heterocycles. The smallest absolute Gasteiger partial charge is 0.175 e. The first-order valence-corrected chi connectivity index (χ1v) is 20.8. The third kappa shape index (κ3) is 5.95. The van der Waals surface area contributed by atoms with E-state index >= 15 is 0 Å². The summed E-state index contributed by atoms with van der Waals surface area (Å²) in [6.45, 7) is 21.2. The van der Waals surface area contributed by atoms with Crippen molar-refractivity contribution in [3.8, 4) is 17.2 Å². The zero-order valence-electron chi connectivity index (χ0n) is 35.5. The van der Waals surface area contributed by atoms with Crippen molar-refractivity contribution >= 4 is 34.5 Å². The molecule has 0 aliphatic heterocycles. The summed E-state index contributed by atoms with van der Waals surface area (Å²) in [5, 5.41) is 2.15. The van der Waals surface area contributed by atoms with E-state index < -0.39 is 0 Å². The average molecular weight is 753 g/mol. The summed E-state index contributed by atoms with van der Waals surface area (Å²) in [7, 11) is 4.81. The summed E-state index contributed by atoms with van der Waals surface area (Å²) in [6, 6.07) is 4.21. The lowest BCUT2D eigenvalue weighted by molar-refractivity contribution is 0.0502. The van der Waals surface area contributed by atoms with Crippen LogP contribution in [0, 0.1) is 29.6 Å². The number of carbonyl (C=O) groups excluding carboxylic acids is 2. The Hall–Kier alpha value is -3.74. The summed E-state index contributed by atoms with van der Waals surface area (Å²) >= 11 is 0. The van der Waals surface area contributed by atoms with Crippen LogP contribution in [0.25, 0.3) is 21.9 Å². The highest BCUT2D eigenvalue weighted by molar-refractivity contribution is 6.02. The van der Waals surface area contributed by atoms with Crippen LogP contribution < -0.4 is 14.2 Å². The number of hydrogen-bond acceptors (Lipinski definition) is 7. The van der Waals surface area contributed by atoms with Gasteiger partial charge in [-0.2, -0.15) is 0 Å². The number of rotatable bonds is 5. The summed E-state index contributed by atoms with van der Waals surface area (Å²) in [4.78, 5) is 23.9. The van der Waals surface area contributed by atoms with Gasteiger partial charge in [-0.15, -0.1) is 0 Å². The fourth-order valence-corrected chi connectivity index (χ4v) is 12.7. The zero-order chi connectivity index (χ0) is 39.8. The van der Waals surface area contributed by atoms with Gasteiger partial charge in [0.25, 0.3) is 0 Å². The quantitative estimate of drug-likeness (QED) is 0.188. The Bertz CT molecular complexity index is 2130. The van der Waals surface area contributed by atoms with Gasteiger partial charge in [0.15, 0.2) is 24.1 Å². The number of furan rings is 2. The van der Waals surface area contributed by atoms with Crippen LogP contribution in [0.2, 0.25) is 0 Å². The topological polar surface area (TPSA) is 88.1 Å². The standard InChI is InChI=1S/C24H32O4.C24H32O3/c1-14-8-9-18-23(2,3)10-7-11-24(18,4)19-15-12-17(26-5)22(27-6)16(13-25)21(15)28-20(14)19;1-14-8-9-18-23(3,4)10-7-11-24(18,5)19-16-12-15(2)20(26-6)17(13-25)22(16)27-21(14)19/h12-14,18H,7-11H2,1-6H3;12-14,18H,7-11H2,1-6H3/t2*14-,18+,24+/m01/s1. The molecule has 0 N–H and O–H groups in total. The van der Waals surface area contributed by atoms with E-state index in [0.29, 0.717) is 68.5 Å². The number of methoxy groups -OCH3 is 3. The maximum Gasteiger partial charge on any atom is 0.175 e. The molecule has 0 radical (unpaired) electrons. The van der Waals surface area contributed by atoms with Crippen LogP contribution in [-0.4, -0.2) is 33.9 Å². The normalized spacial score (nSPS) is 29.3. The fraction of sp³-hybridized carbons (Fsp3) is 0.625. The minimum Gasteiger partial charge on any atom is -0.496 e. The first-order chi connectivity index (χ1) is 26.0. The van der Waals surface area contributed by atoms with Crippen LogP contribution in [0.15, 0.2) is 21.0 Å². The Morgan fingerprint density at radius 2 is 1.05 bits per heavy atom. The van der Waals surface area contributed by atoms with E-state index in [1.54, 1.807) is 21.3 Å². The molecule has 8 rings (SSSR count). The Morgan fingerprint density at radius 3 is 1.47 bits per heavy atom. The Balaban J connectivity index is 0.000000169.